The van der Waals surface area contributed by atoms with E-state index in [9.17, 15) is 4.79 Å². The summed E-state index contributed by atoms with van der Waals surface area (Å²) in [5, 5.41) is 0. The van der Waals surface area contributed by atoms with E-state index in [1.807, 2.05) is 25.1 Å². The molecule has 1 aliphatic heterocycles. The van der Waals surface area contributed by atoms with Gasteiger partial charge in [-0.3, -0.25) is 4.79 Å². The van der Waals surface area contributed by atoms with Crippen LogP contribution in [-0.2, 0) is 4.74 Å². The fourth-order valence-corrected chi connectivity index (χ4v) is 2.55. The molecule has 23 heavy (non-hydrogen) atoms. The van der Waals surface area contributed by atoms with E-state index in [1.54, 1.807) is 24.1 Å². The number of aromatic nitrogens is 2. The second-order valence-corrected chi connectivity index (χ2v) is 5.68. The molecular formula is C16H20N4O3. The van der Waals surface area contributed by atoms with E-state index in [-0.39, 0.29) is 12.0 Å². The summed E-state index contributed by atoms with van der Waals surface area (Å²) >= 11 is 0. The number of hydrogen-bond donors (Lipinski definition) is 0. The number of morpholine rings is 1. The summed E-state index contributed by atoms with van der Waals surface area (Å²) in [5.74, 6) is 1.22. The molecule has 1 aliphatic rings. The molecule has 7 nitrogen and oxygen atoms in total. The molecule has 0 aliphatic carbocycles. The Hall–Kier alpha value is -2.41. The Kier molecular flexibility index (Phi) is 4.29. The molecule has 0 N–H and O–H groups in total. The van der Waals surface area contributed by atoms with Crippen molar-refractivity contribution in [2.45, 2.75) is 13.0 Å². The lowest BCUT2D eigenvalue weighted by atomic mass is 10.1. The van der Waals surface area contributed by atoms with Gasteiger partial charge in [-0.2, -0.15) is 0 Å². The second-order valence-electron chi connectivity index (χ2n) is 5.68. The average Bonchev–Trinajstić information content (AvgIpc) is 3.00. The first-order valence-corrected chi connectivity index (χ1v) is 7.51. The zero-order valence-corrected chi connectivity index (χ0v) is 13.5. The number of carbonyl (C=O) groups is 1. The van der Waals surface area contributed by atoms with Gasteiger partial charge in [-0.15, -0.1) is 0 Å². The van der Waals surface area contributed by atoms with E-state index in [0.717, 1.165) is 5.69 Å². The number of carbonyl (C=O) groups excluding carboxylic acids is 1. The third kappa shape index (κ3) is 3.19. The van der Waals surface area contributed by atoms with Gasteiger partial charge in [0.25, 0.3) is 5.91 Å². The summed E-state index contributed by atoms with van der Waals surface area (Å²) < 4.78 is 11.0. The molecule has 0 unspecified atom stereocenters. The Morgan fingerprint density at radius 3 is 2.91 bits per heavy atom. The molecule has 0 radical (unpaired) electrons. The Balaban J connectivity index is 1.77. The number of furan rings is 1. The number of anilines is 1. The first kappa shape index (κ1) is 15.5. The van der Waals surface area contributed by atoms with Gasteiger partial charge < -0.3 is 19.0 Å². The minimum atomic E-state index is -0.249. The van der Waals surface area contributed by atoms with E-state index < -0.39 is 0 Å². The van der Waals surface area contributed by atoms with E-state index in [4.69, 9.17) is 9.15 Å². The molecule has 0 spiro atoms. The standard InChI is InChI=1S/C16H20N4O3/c1-11-12(5-8-22-11)15(21)20-7-9-23-14(10-20)13-4-6-17-16(18-13)19(2)3/h4-6,8,14H,7,9-10H2,1-3H3/t14-/m1/s1. The molecular weight excluding hydrogens is 296 g/mol. The lowest BCUT2D eigenvalue weighted by Crippen LogP contribution is -2.42. The first-order valence-electron chi connectivity index (χ1n) is 7.51. The minimum Gasteiger partial charge on any atom is -0.469 e. The molecule has 1 atom stereocenters. The van der Waals surface area contributed by atoms with E-state index in [2.05, 4.69) is 9.97 Å². The number of ether oxygens (including phenoxy) is 1. The zero-order valence-electron chi connectivity index (χ0n) is 13.5. The fraction of sp³-hybridized carbons (Fsp3) is 0.438. The molecule has 0 bridgehead atoms. The number of aryl methyl sites for hydroxylation is 1. The van der Waals surface area contributed by atoms with Crippen molar-refractivity contribution in [3.05, 3.63) is 41.6 Å². The summed E-state index contributed by atoms with van der Waals surface area (Å²) in [5.41, 5.74) is 1.38. The molecule has 1 saturated heterocycles. The smallest absolute Gasteiger partial charge is 0.257 e. The largest absolute Gasteiger partial charge is 0.469 e. The SMILES string of the molecule is Cc1occc1C(=O)N1CCO[C@@H](c2ccnc(N(C)C)n2)C1. The molecule has 0 saturated carbocycles. The minimum absolute atomic E-state index is 0.0357. The highest BCUT2D eigenvalue weighted by molar-refractivity contribution is 5.95. The lowest BCUT2D eigenvalue weighted by molar-refractivity contribution is -0.0247. The van der Waals surface area contributed by atoms with Gasteiger partial charge >= 0.3 is 0 Å². The van der Waals surface area contributed by atoms with Crippen molar-refractivity contribution < 1.29 is 13.9 Å². The third-order valence-electron chi connectivity index (χ3n) is 3.84. The van der Waals surface area contributed by atoms with Crippen LogP contribution >= 0.6 is 0 Å². The highest BCUT2D eigenvalue weighted by Gasteiger charge is 2.28. The zero-order chi connectivity index (χ0) is 16.4. The summed E-state index contributed by atoms with van der Waals surface area (Å²) in [6.07, 6.45) is 3.00. The monoisotopic (exact) mass is 316 g/mol. The van der Waals surface area contributed by atoms with Crippen LogP contribution in [0.25, 0.3) is 0 Å². The average molecular weight is 316 g/mol. The maximum atomic E-state index is 12.6. The summed E-state index contributed by atoms with van der Waals surface area (Å²) in [7, 11) is 3.77. The summed E-state index contributed by atoms with van der Waals surface area (Å²) in [6.45, 7) is 3.30. The van der Waals surface area contributed by atoms with Gasteiger partial charge in [0, 0.05) is 26.8 Å². The molecule has 3 rings (SSSR count). The van der Waals surface area contributed by atoms with Crippen LogP contribution in [0.15, 0.2) is 29.0 Å². The number of rotatable bonds is 3. The van der Waals surface area contributed by atoms with Gasteiger partial charge in [0.15, 0.2) is 0 Å². The Morgan fingerprint density at radius 2 is 2.22 bits per heavy atom. The van der Waals surface area contributed by atoms with Crippen molar-refractivity contribution in [1.82, 2.24) is 14.9 Å². The molecule has 0 aromatic carbocycles. The Labute approximate surface area is 134 Å². The van der Waals surface area contributed by atoms with Gasteiger partial charge in [0.1, 0.15) is 11.9 Å². The molecule has 122 valence electrons. The topological polar surface area (TPSA) is 71.7 Å². The van der Waals surface area contributed by atoms with Crippen LogP contribution in [0.5, 0.6) is 0 Å². The van der Waals surface area contributed by atoms with E-state index in [0.29, 0.717) is 37.0 Å². The van der Waals surface area contributed by atoms with E-state index in [1.165, 1.54) is 6.26 Å². The van der Waals surface area contributed by atoms with Crippen molar-refractivity contribution in [2.24, 2.45) is 0 Å². The van der Waals surface area contributed by atoms with Gasteiger partial charge in [0.2, 0.25) is 5.95 Å². The Morgan fingerprint density at radius 1 is 1.39 bits per heavy atom. The van der Waals surface area contributed by atoms with Gasteiger partial charge in [0.05, 0.1) is 30.7 Å². The van der Waals surface area contributed by atoms with Crippen LogP contribution in [0.4, 0.5) is 5.95 Å². The van der Waals surface area contributed by atoms with Crippen LogP contribution < -0.4 is 4.90 Å². The van der Waals surface area contributed by atoms with Crippen LogP contribution in [0.3, 0.4) is 0 Å². The van der Waals surface area contributed by atoms with E-state index >= 15 is 0 Å². The normalized spacial score (nSPS) is 18.0. The maximum Gasteiger partial charge on any atom is 0.257 e. The van der Waals surface area contributed by atoms with Crippen LogP contribution in [0, 0.1) is 6.92 Å². The van der Waals surface area contributed by atoms with Gasteiger partial charge in [-0.05, 0) is 19.1 Å². The number of amides is 1. The summed E-state index contributed by atoms with van der Waals surface area (Å²) in [4.78, 5) is 24.9. The number of hydrogen-bond acceptors (Lipinski definition) is 6. The molecule has 7 heteroatoms. The van der Waals surface area contributed by atoms with Crippen molar-refractivity contribution in [3.63, 3.8) is 0 Å². The molecule has 1 fully saturated rings. The lowest BCUT2D eigenvalue weighted by Gasteiger charge is -2.32. The maximum absolute atomic E-state index is 12.6. The first-order chi connectivity index (χ1) is 11.1. The predicted molar refractivity (Wildman–Crippen MR) is 84.4 cm³/mol. The van der Waals surface area contributed by atoms with Crippen molar-refractivity contribution >= 4 is 11.9 Å². The second kappa shape index (κ2) is 6.37. The molecule has 2 aromatic rings. The van der Waals surface area contributed by atoms with Crippen molar-refractivity contribution in [2.75, 3.05) is 38.7 Å². The highest BCUT2D eigenvalue weighted by atomic mass is 16.5. The molecule has 2 aromatic heterocycles. The van der Waals surface area contributed by atoms with Crippen LogP contribution in [0.2, 0.25) is 0 Å². The van der Waals surface area contributed by atoms with Crippen molar-refractivity contribution in [3.8, 4) is 0 Å². The summed E-state index contributed by atoms with van der Waals surface area (Å²) in [6, 6.07) is 3.53. The third-order valence-corrected chi connectivity index (χ3v) is 3.84. The van der Waals surface area contributed by atoms with Crippen LogP contribution in [0.1, 0.15) is 27.9 Å². The molecule has 1 amide bonds. The number of nitrogens with zero attached hydrogens (tertiary/aromatic N) is 4. The Bertz CT molecular complexity index is 698. The quantitative estimate of drug-likeness (QED) is 0.857. The predicted octanol–water partition coefficient (Wildman–Crippen LogP) is 1.66. The van der Waals surface area contributed by atoms with Crippen molar-refractivity contribution in [1.29, 1.82) is 0 Å². The van der Waals surface area contributed by atoms with Gasteiger partial charge in [-0.1, -0.05) is 0 Å². The highest BCUT2D eigenvalue weighted by Crippen LogP contribution is 2.23. The van der Waals surface area contributed by atoms with Crippen LogP contribution in [-0.4, -0.2) is 54.6 Å². The molecule has 3 heterocycles. The van der Waals surface area contributed by atoms with Gasteiger partial charge in [-0.25, -0.2) is 9.97 Å². The fourth-order valence-electron chi connectivity index (χ4n) is 2.55.